The van der Waals surface area contributed by atoms with E-state index in [0.717, 1.165) is 38.9 Å². The van der Waals surface area contributed by atoms with E-state index in [9.17, 15) is 4.79 Å². The van der Waals surface area contributed by atoms with Crippen LogP contribution in [0.5, 0.6) is 0 Å². The number of carbonyl (C=O) groups is 1. The van der Waals surface area contributed by atoms with Crippen LogP contribution in [0.25, 0.3) is 5.69 Å². The Morgan fingerprint density at radius 3 is 2.70 bits per heavy atom. The molecule has 0 radical (unpaired) electrons. The molecule has 3 aromatic rings. The van der Waals surface area contributed by atoms with E-state index in [1.54, 1.807) is 6.20 Å². The van der Waals surface area contributed by atoms with E-state index in [4.69, 9.17) is 28.6 Å². The summed E-state index contributed by atoms with van der Waals surface area (Å²) in [5, 5.41) is 4.77. The number of aryl methyl sites for hydroxylation is 1. The molecular formula is C25H27ClN4O2S. The fourth-order valence-electron chi connectivity index (χ4n) is 4.59. The molecule has 4 rings (SSSR count). The number of methoxy groups -OCH3 is 1. The van der Waals surface area contributed by atoms with Gasteiger partial charge in [0.1, 0.15) is 0 Å². The third kappa shape index (κ3) is 4.35. The lowest BCUT2D eigenvalue weighted by Crippen LogP contribution is -2.32. The SMILES string of the molecule is COC(=O)CCN1C(=S)N[C@H](c2ccccn2)[C@@H]1c1cc(C)n(-c2cccc(Cl)c2C)c1C. The summed E-state index contributed by atoms with van der Waals surface area (Å²) in [5.41, 5.74) is 6.29. The number of ether oxygens (including phenoxy) is 1. The normalized spacial score (nSPS) is 17.8. The van der Waals surface area contributed by atoms with Crippen molar-refractivity contribution in [3.8, 4) is 5.69 Å². The van der Waals surface area contributed by atoms with Crippen molar-refractivity contribution in [3.63, 3.8) is 0 Å². The number of aromatic nitrogens is 2. The third-order valence-electron chi connectivity index (χ3n) is 6.25. The molecule has 0 amide bonds. The van der Waals surface area contributed by atoms with Gasteiger partial charge in [-0.25, -0.2) is 0 Å². The quantitative estimate of drug-likeness (QED) is 0.394. The molecule has 1 aliphatic rings. The lowest BCUT2D eigenvalue weighted by atomic mass is 9.96. The van der Waals surface area contributed by atoms with E-state index in [-0.39, 0.29) is 24.5 Å². The average Bonchev–Trinajstić information content (AvgIpc) is 3.29. The Kier molecular flexibility index (Phi) is 6.72. The number of hydrogen-bond donors (Lipinski definition) is 1. The Hall–Kier alpha value is -2.90. The molecular weight excluding hydrogens is 456 g/mol. The second kappa shape index (κ2) is 9.53. The molecule has 1 fully saturated rings. The van der Waals surface area contributed by atoms with Gasteiger partial charge in [0.25, 0.3) is 0 Å². The maximum absolute atomic E-state index is 11.9. The van der Waals surface area contributed by atoms with E-state index in [1.807, 2.05) is 37.3 Å². The van der Waals surface area contributed by atoms with E-state index in [0.29, 0.717) is 11.7 Å². The monoisotopic (exact) mass is 482 g/mol. The van der Waals surface area contributed by atoms with Crippen LogP contribution in [0.2, 0.25) is 5.02 Å². The van der Waals surface area contributed by atoms with Crippen LogP contribution < -0.4 is 5.32 Å². The van der Waals surface area contributed by atoms with Gasteiger partial charge in [0, 0.05) is 34.8 Å². The molecule has 0 unspecified atom stereocenters. The number of nitrogens with zero attached hydrogens (tertiary/aromatic N) is 3. The molecule has 33 heavy (non-hydrogen) atoms. The molecule has 1 aromatic carbocycles. The number of rotatable bonds is 6. The first-order chi connectivity index (χ1) is 15.8. The summed E-state index contributed by atoms with van der Waals surface area (Å²) in [4.78, 5) is 18.6. The fraction of sp³-hybridized carbons (Fsp3) is 0.320. The van der Waals surface area contributed by atoms with Crippen LogP contribution in [-0.4, -0.2) is 39.2 Å². The van der Waals surface area contributed by atoms with Crippen LogP contribution >= 0.6 is 23.8 Å². The molecule has 3 heterocycles. The van der Waals surface area contributed by atoms with Gasteiger partial charge in [-0.15, -0.1) is 0 Å². The second-order valence-electron chi connectivity index (χ2n) is 8.19. The van der Waals surface area contributed by atoms with Crippen molar-refractivity contribution in [2.45, 2.75) is 39.3 Å². The minimum absolute atomic E-state index is 0.128. The fourth-order valence-corrected chi connectivity index (χ4v) is 5.10. The first kappa shape index (κ1) is 23.3. The van der Waals surface area contributed by atoms with Gasteiger partial charge in [-0.3, -0.25) is 9.78 Å². The Balaban J connectivity index is 1.82. The van der Waals surface area contributed by atoms with Crippen molar-refractivity contribution in [2.24, 2.45) is 0 Å². The molecule has 1 N–H and O–H groups in total. The van der Waals surface area contributed by atoms with Crippen LogP contribution in [0.1, 0.15) is 46.7 Å². The summed E-state index contributed by atoms with van der Waals surface area (Å²) in [6.45, 7) is 6.68. The average molecular weight is 483 g/mol. The number of esters is 1. The van der Waals surface area contributed by atoms with Gasteiger partial charge in [-0.05, 0) is 74.4 Å². The molecule has 1 saturated heterocycles. The van der Waals surface area contributed by atoms with Gasteiger partial charge >= 0.3 is 5.97 Å². The van der Waals surface area contributed by atoms with Crippen LogP contribution in [0.3, 0.4) is 0 Å². The topological polar surface area (TPSA) is 59.4 Å². The van der Waals surface area contributed by atoms with E-state index >= 15 is 0 Å². The van der Waals surface area contributed by atoms with Crippen LogP contribution in [0, 0.1) is 20.8 Å². The minimum atomic E-state index is -0.266. The lowest BCUT2D eigenvalue weighted by Gasteiger charge is -2.28. The highest BCUT2D eigenvalue weighted by molar-refractivity contribution is 7.80. The van der Waals surface area contributed by atoms with E-state index in [1.165, 1.54) is 7.11 Å². The second-order valence-corrected chi connectivity index (χ2v) is 8.99. The number of thiocarbonyl (C=S) groups is 1. The van der Waals surface area contributed by atoms with Gasteiger partial charge in [-0.2, -0.15) is 0 Å². The lowest BCUT2D eigenvalue weighted by molar-refractivity contribution is -0.140. The maximum Gasteiger partial charge on any atom is 0.307 e. The summed E-state index contributed by atoms with van der Waals surface area (Å²) < 4.78 is 7.10. The molecule has 0 aliphatic carbocycles. The molecule has 0 bridgehead atoms. The Bertz CT molecular complexity index is 1190. The van der Waals surface area contributed by atoms with Crippen molar-refractivity contribution in [3.05, 3.63) is 81.9 Å². The minimum Gasteiger partial charge on any atom is -0.469 e. The van der Waals surface area contributed by atoms with E-state index < -0.39 is 0 Å². The van der Waals surface area contributed by atoms with Crippen LogP contribution in [0.15, 0.2) is 48.7 Å². The highest BCUT2D eigenvalue weighted by Gasteiger charge is 2.41. The molecule has 8 heteroatoms. The van der Waals surface area contributed by atoms with Crippen molar-refractivity contribution in [2.75, 3.05) is 13.7 Å². The van der Waals surface area contributed by atoms with Gasteiger partial charge in [0.15, 0.2) is 5.11 Å². The van der Waals surface area contributed by atoms with Crippen LogP contribution in [0.4, 0.5) is 0 Å². The number of benzene rings is 1. The first-order valence-corrected chi connectivity index (χ1v) is 11.6. The van der Waals surface area contributed by atoms with Gasteiger partial charge in [-0.1, -0.05) is 23.7 Å². The van der Waals surface area contributed by atoms with E-state index in [2.05, 4.69) is 45.7 Å². The zero-order valence-electron chi connectivity index (χ0n) is 19.1. The molecule has 2 atom stereocenters. The van der Waals surface area contributed by atoms with Crippen molar-refractivity contribution < 1.29 is 9.53 Å². The standard InChI is InChI=1S/C25H27ClN4O2S/c1-15-14-18(17(3)30(15)21-10-7-8-19(26)16(21)2)24-23(20-9-5-6-12-27-20)28-25(33)29(24)13-11-22(31)32-4/h5-10,12,14,23-24H,11,13H2,1-4H3,(H,28,33)/t23-,24+/m1/s1. The predicted octanol–water partition coefficient (Wildman–Crippen LogP) is 4.99. The molecule has 1 aliphatic heterocycles. The van der Waals surface area contributed by atoms with Gasteiger partial charge in [0.05, 0.1) is 31.3 Å². The molecule has 172 valence electrons. The number of nitrogens with one attached hydrogen (secondary N) is 1. The number of halogens is 1. The summed E-state index contributed by atoms with van der Waals surface area (Å²) in [6, 6.07) is 13.7. The number of hydrogen-bond acceptors (Lipinski definition) is 4. The molecule has 0 saturated carbocycles. The smallest absolute Gasteiger partial charge is 0.307 e. The summed E-state index contributed by atoms with van der Waals surface area (Å²) in [5.74, 6) is -0.266. The number of carbonyl (C=O) groups excluding carboxylic acids is 1. The van der Waals surface area contributed by atoms with Crippen molar-refractivity contribution in [1.82, 2.24) is 19.8 Å². The third-order valence-corrected chi connectivity index (χ3v) is 7.01. The Morgan fingerprint density at radius 1 is 1.21 bits per heavy atom. The largest absolute Gasteiger partial charge is 0.469 e. The van der Waals surface area contributed by atoms with Crippen molar-refractivity contribution >= 4 is 34.9 Å². The van der Waals surface area contributed by atoms with Crippen molar-refractivity contribution in [1.29, 1.82) is 0 Å². The zero-order valence-corrected chi connectivity index (χ0v) is 20.7. The summed E-state index contributed by atoms with van der Waals surface area (Å²) in [7, 11) is 1.40. The maximum atomic E-state index is 11.9. The predicted molar refractivity (Wildman–Crippen MR) is 134 cm³/mol. The molecule has 2 aromatic heterocycles. The highest BCUT2D eigenvalue weighted by atomic mass is 35.5. The summed E-state index contributed by atoms with van der Waals surface area (Å²) >= 11 is 12.1. The molecule has 0 spiro atoms. The Labute approximate surface area is 204 Å². The van der Waals surface area contributed by atoms with Crippen LogP contribution in [-0.2, 0) is 9.53 Å². The first-order valence-electron chi connectivity index (χ1n) is 10.8. The van der Waals surface area contributed by atoms with Gasteiger partial charge < -0.3 is 19.5 Å². The van der Waals surface area contributed by atoms with Gasteiger partial charge in [0.2, 0.25) is 0 Å². The molecule has 6 nitrogen and oxygen atoms in total. The Morgan fingerprint density at radius 2 is 2.00 bits per heavy atom. The number of pyridine rings is 1. The highest BCUT2D eigenvalue weighted by Crippen LogP contribution is 2.41. The zero-order chi connectivity index (χ0) is 23.7. The summed E-state index contributed by atoms with van der Waals surface area (Å²) in [6.07, 6.45) is 2.03.